The fraction of sp³-hybridized carbons (Fsp3) is 0.250. The number of ketones is 1. The average Bonchev–Trinajstić information content (AvgIpc) is 2.66. The van der Waals surface area contributed by atoms with Crippen LogP contribution >= 0.6 is 0 Å². The number of hydrogen-bond donors (Lipinski definition) is 2. The molecule has 7 nitrogen and oxygen atoms in total. The van der Waals surface area contributed by atoms with Crippen molar-refractivity contribution in [2.45, 2.75) is 19.3 Å². The van der Waals surface area contributed by atoms with Gasteiger partial charge in [-0.2, -0.15) is 0 Å². The fourth-order valence-electron chi connectivity index (χ4n) is 2.49. The van der Waals surface area contributed by atoms with Gasteiger partial charge in [0.1, 0.15) is 0 Å². The summed E-state index contributed by atoms with van der Waals surface area (Å²) in [5.41, 5.74) is 1.73. The van der Waals surface area contributed by atoms with Crippen molar-refractivity contribution in [3.05, 3.63) is 53.6 Å². The van der Waals surface area contributed by atoms with E-state index >= 15 is 0 Å². The molecule has 2 rings (SSSR count). The van der Waals surface area contributed by atoms with Crippen LogP contribution in [0.2, 0.25) is 0 Å². The number of methoxy groups -OCH3 is 2. The van der Waals surface area contributed by atoms with Gasteiger partial charge in [-0.1, -0.05) is 6.07 Å². The lowest BCUT2D eigenvalue weighted by atomic mass is 10.1. The van der Waals surface area contributed by atoms with Gasteiger partial charge in [-0.05, 0) is 42.0 Å². The Morgan fingerprint density at radius 2 is 1.59 bits per heavy atom. The zero-order valence-corrected chi connectivity index (χ0v) is 15.2. The number of Topliss-reactive ketones (excluding diaryl/α,β-unsaturated/α-hetero) is 1. The van der Waals surface area contributed by atoms with Crippen molar-refractivity contribution < 1.29 is 29.0 Å². The standard InChI is InChI=1S/C20H21NO6/c1-26-17-9-3-13(11-18(17)27-2)12-19(23)21-15-6-4-14(5-7-15)16(22)8-10-20(24)25/h3-7,9,11H,8,10,12H2,1-2H3,(H,21,23)(H,24,25). The van der Waals surface area contributed by atoms with E-state index in [0.29, 0.717) is 22.7 Å². The van der Waals surface area contributed by atoms with Gasteiger partial charge in [0, 0.05) is 17.7 Å². The first-order valence-corrected chi connectivity index (χ1v) is 8.28. The quantitative estimate of drug-likeness (QED) is 0.657. The molecule has 0 saturated carbocycles. The van der Waals surface area contributed by atoms with E-state index in [0.717, 1.165) is 5.56 Å². The molecule has 0 unspecified atom stereocenters. The molecular weight excluding hydrogens is 350 g/mol. The van der Waals surface area contributed by atoms with Gasteiger partial charge in [-0.3, -0.25) is 14.4 Å². The van der Waals surface area contributed by atoms with Gasteiger partial charge in [-0.25, -0.2) is 0 Å². The highest BCUT2D eigenvalue weighted by atomic mass is 16.5. The van der Waals surface area contributed by atoms with E-state index in [2.05, 4.69) is 5.32 Å². The third-order valence-electron chi connectivity index (χ3n) is 3.87. The van der Waals surface area contributed by atoms with Crippen LogP contribution in [0.25, 0.3) is 0 Å². The third-order valence-corrected chi connectivity index (χ3v) is 3.87. The Balaban J connectivity index is 1.96. The molecule has 0 heterocycles. The van der Waals surface area contributed by atoms with Gasteiger partial charge in [-0.15, -0.1) is 0 Å². The first-order valence-electron chi connectivity index (χ1n) is 8.28. The van der Waals surface area contributed by atoms with Crippen molar-refractivity contribution in [1.29, 1.82) is 0 Å². The average molecular weight is 371 g/mol. The summed E-state index contributed by atoms with van der Waals surface area (Å²) in [4.78, 5) is 34.6. The molecule has 0 aliphatic rings. The molecule has 0 bridgehead atoms. The lowest BCUT2D eigenvalue weighted by Crippen LogP contribution is -2.14. The van der Waals surface area contributed by atoms with E-state index in [1.54, 1.807) is 49.6 Å². The van der Waals surface area contributed by atoms with E-state index in [9.17, 15) is 14.4 Å². The van der Waals surface area contributed by atoms with Gasteiger partial charge in [0.25, 0.3) is 0 Å². The van der Waals surface area contributed by atoms with E-state index in [-0.39, 0.29) is 31.0 Å². The molecule has 0 radical (unpaired) electrons. The summed E-state index contributed by atoms with van der Waals surface area (Å²) < 4.78 is 10.4. The number of carboxylic acid groups (broad SMARTS) is 1. The lowest BCUT2D eigenvalue weighted by molar-refractivity contribution is -0.137. The molecule has 0 aromatic heterocycles. The molecule has 0 atom stereocenters. The molecule has 0 saturated heterocycles. The summed E-state index contributed by atoms with van der Waals surface area (Å²) in [5.74, 6) is -0.341. The van der Waals surface area contributed by atoms with E-state index in [1.807, 2.05) is 0 Å². The predicted molar refractivity (Wildman–Crippen MR) is 99.5 cm³/mol. The normalized spacial score (nSPS) is 10.1. The Labute approximate surface area is 156 Å². The highest BCUT2D eigenvalue weighted by Crippen LogP contribution is 2.27. The van der Waals surface area contributed by atoms with E-state index < -0.39 is 5.97 Å². The van der Waals surface area contributed by atoms with Crippen LogP contribution in [-0.2, 0) is 16.0 Å². The monoisotopic (exact) mass is 371 g/mol. The van der Waals surface area contributed by atoms with Crippen LogP contribution in [-0.4, -0.2) is 37.0 Å². The Morgan fingerprint density at radius 1 is 0.926 bits per heavy atom. The zero-order valence-electron chi connectivity index (χ0n) is 15.2. The van der Waals surface area contributed by atoms with Crippen LogP contribution in [0.4, 0.5) is 5.69 Å². The maximum Gasteiger partial charge on any atom is 0.303 e. The van der Waals surface area contributed by atoms with Crippen molar-refractivity contribution in [2.75, 3.05) is 19.5 Å². The number of nitrogens with one attached hydrogen (secondary N) is 1. The first-order chi connectivity index (χ1) is 12.9. The van der Waals surface area contributed by atoms with Crippen molar-refractivity contribution in [2.24, 2.45) is 0 Å². The zero-order chi connectivity index (χ0) is 19.8. The summed E-state index contributed by atoms with van der Waals surface area (Å²) in [5, 5.41) is 11.4. The minimum atomic E-state index is -1.01. The fourth-order valence-corrected chi connectivity index (χ4v) is 2.49. The van der Waals surface area contributed by atoms with Crippen LogP contribution in [0.15, 0.2) is 42.5 Å². The molecule has 2 aromatic carbocycles. The molecule has 0 aliphatic heterocycles. The Morgan fingerprint density at radius 3 is 2.19 bits per heavy atom. The molecule has 0 fully saturated rings. The van der Waals surface area contributed by atoms with Crippen molar-refractivity contribution in [3.63, 3.8) is 0 Å². The molecular formula is C20H21NO6. The van der Waals surface area contributed by atoms with Crippen molar-refractivity contribution >= 4 is 23.3 Å². The van der Waals surface area contributed by atoms with Crippen LogP contribution in [0.5, 0.6) is 11.5 Å². The van der Waals surface area contributed by atoms with Gasteiger partial charge in [0.05, 0.1) is 27.1 Å². The van der Waals surface area contributed by atoms with Gasteiger partial charge in [0.2, 0.25) is 5.91 Å². The second-order valence-electron chi connectivity index (χ2n) is 5.81. The number of hydrogen-bond acceptors (Lipinski definition) is 5. The number of anilines is 1. The molecule has 7 heteroatoms. The van der Waals surface area contributed by atoms with Gasteiger partial charge in [0.15, 0.2) is 17.3 Å². The molecule has 27 heavy (non-hydrogen) atoms. The van der Waals surface area contributed by atoms with Gasteiger partial charge >= 0.3 is 5.97 Å². The summed E-state index contributed by atoms with van der Waals surface area (Å²) in [6.45, 7) is 0. The smallest absolute Gasteiger partial charge is 0.303 e. The summed E-state index contributed by atoms with van der Waals surface area (Å²) >= 11 is 0. The minimum Gasteiger partial charge on any atom is -0.493 e. The van der Waals surface area contributed by atoms with Crippen LogP contribution < -0.4 is 14.8 Å². The van der Waals surface area contributed by atoms with Crippen LogP contribution in [0, 0.1) is 0 Å². The molecule has 2 N–H and O–H groups in total. The lowest BCUT2D eigenvalue weighted by Gasteiger charge is -2.10. The number of rotatable bonds is 9. The topological polar surface area (TPSA) is 102 Å². The first kappa shape index (κ1) is 20.0. The largest absolute Gasteiger partial charge is 0.493 e. The Bertz CT molecular complexity index is 829. The Hall–Kier alpha value is -3.35. The van der Waals surface area contributed by atoms with E-state index in [4.69, 9.17) is 14.6 Å². The number of ether oxygens (including phenoxy) is 2. The maximum atomic E-state index is 12.2. The second kappa shape index (κ2) is 9.38. The summed E-state index contributed by atoms with van der Waals surface area (Å²) in [6, 6.07) is 11.6. The number of aliphatic carboxylic acids is 1. The highest BCUT2D eigenvalue weighted by Gasteiger charge is 2.11. The van der Waals surface area contributed by atoms with Crippen molar-refractivity contribution in [3.8, 4) is 11.5 Å². The maximum absolute atomic E-state index is 12.2. The second-order valence-corrected chi connectivity index (χ2v) is 5.81. The van der Waals surface area contributed by atoms with E-state index in [1.165, 1.54) is 7.11 Å². The molecule has 1 amide bonds. The number of amides is 1. The number of carbonyl (C=O) groups is 3. The summed E-state index contributed by atoms with van der Waals surface area (Å²) in [7, 11) is 3.07. The SMILES string of the molecule is COc1ccc(CC(=O)Nc2ccc(C(=O)CCC(=O)O)cc2)cc1OC. The number of carboxylic acids is 1. The predicted octanol–water partition coefficient (Wildman–Crippen LogP) is 2.93. The molecule has 2 aromatic rings. The van der Waals surface area contributed by atoms with Crippen LogP contribution in [0.3, 0.4) is 0 Å². The Kier molecular flexibility index (Phi) is 6.93. The third kappa shape index (κ3) is 5.85. The summed E-state index contributed by atoms with van der Waals surface area (Å²) in [6.07, 6.45) is -0.108. The minimum absolute atomic E-state index is 0.0552. The number of carbonyl (C=O) groups excluding carboxylic acids is 2. The number of benzene rings is 2. The van der Waals surface area contributed by atoms with Crippen molar-refractivity contribution in [1.82, 2.24) is 0 Å². The molecule has 0 spiro atoms. The van der Waals surface area contributed by atoms with Gasteiger partial charge < -0.3 is 19.9 Å². The van der Waals surface area contributed by atoms with Crippen LogP contribution in [0.1, 0.15) is 28.8 Å². The molecule has 0 aliphatic carbocycles. The molecule has 142 valence electrons. The highest BCUT2D eigenvalue weighted by molar-refractivity contribution is 5.98.